The maximum Gasteiger partial charge on any atom is 0.221 e. The van der Waals surface area contributed by atoms with E-state index in [2.05, 4.69) is 47.8 Å². The Balaban J connectivity index is 2.07. The first-order valence-corrected chi connectivity index (χ1v) is 9.18. The summed E-state index contributed by atoms with van der Waals surface area (Å²) in [7, 11) is 0. The number of rotatable bonds is 3. The van der Waals surface area contributed by atoms with Gasteiger partial charge in [-0.25, -0.2) is 0 Å². The number of halogens is 2. The van der Waals surface area contributed by atoms with Crippen molar-refractivity contribution in [1.29, 1.82) is 0 Å². The Morgan fingerprint density at radius 2 is 1.50 bits per heavy atom. The molecule has 0 saturated carbocycles. The number of anilines is 3. The molecule has 0 fully saturated rings. The number of benzene rings is 2. The Kier molecular flexibility index (Phi) is 6.37. The average molecular weight is 471 g/mol. The van der Waals surface area contributed by atoms with Gasteiger partial charge in [-0.2, -0.15) is 0 Å². The smallest absolute Gasteiger partial charge is 0.221 e. The molecular formula is C17H17Br2N3OS. The van der Waals surface area contributed by atoms with Crippen LogP contribution in [0.3, 0.4) is 0 Å². The van der Waals surface area contributed by atoms with Gasteiger partial charge in [-0.3, -0.25) is 4.79 Å². The van der Waals surface area contributed by atoms with Gasteiger partial charge < -0.3 is 16.0 Å². The molecule has 1 amide bonds. The molecule has 0 atom stereocenters. The third-order valence-corrected chi connectivity index (χ3v) is 5.62. The number of amides is 1. The summed E-state index contributed by atoms with van der Waals surface area (Å²) in [6, 6.07) is 9.34. The molecule has 0 spiro atoms. The number of carbonyl (C=O) groups is 1. The summed E-state index contributed by atoms with van der Waals surface area (Å²) >= 11 is 12.5. The number of hydrogen-bond acceptors (Lipinski definition) is 2. The van der Waals surface area contributed by atoms with E-state index in [4.69, 9.17) is 12.2 Å². The van der Waals surface area contributed by atoms with Gasteiger partial charge in [0, 0.05) is 32.9 Å². The van der Waals surface area contributed by atoms with Crippen LogP contribution in [0.1, 0.15) is 18.1 Å². The van der Waals surface area contributed by atoms with E-state index in [1.54, 1.807) is 0 Å². The van der Waals surface area contributed by atoms with Crippen LogP contribution in [0.4, 0.5) is 17.1 Å². The van der Waals surface area contributed by atoms with Crippen molar-refractivity contribution in [2.45, 2.75) is 20.8 Å². The average Bonchev–Trinajstić information content (AvgIpc) is 2.52. The predicted molar refractivity (Wildman–Crippen MR) is 112 cm³/mol. The zero-order valence-corrected chi connectivity index (χ0v) is 17.4. The van der Waals surface area contributed by atoms with E-state index in [1.165, 1.54) is 6.92 Å². The van der Waals surface area contributed by atoms with Crippen molar-refractivity contribution in [3.8, 4) is 0 Å². The molecule has 0 aliphatic heterocycles. The molecule has 3 N–H and O–H groups in total. The minimum absolute atomic E-state index is 0.0982. The molecule has 7 heteroatoms. The van der Waals surface area contributed by atoms with Crippen LogP contribution in [-0.2, 0) is 4.79 Å². The van der Waals surface area contributed by atoms with E-state index in [1.807, 2.05) is 44.2 Å². The molecule has 0 aliphatic carbocycles. The minimum atomic E-state index is -0.0982. The largest absolute Gasteiger partial charge is 0.332 e. The van der Waals surface area contributed by atoms with Crippen LogP contribution in [0.25, 0.3) is 0 Å². The summed E-state index contributed by atoms with van der Waals surface area (Å²) in [5.41, 5.74) is 4.73. The third kappa shape index (κ3) is 4.78. The fourth-order valence-electron chi connectivity index (χ4n) is 2.10. The molecular weight excluding hydrogens is 454 g/mol. The molecule has 0 saturated heterocycles. The molecule has 2 rings (SSSR count). The van der Waals surface area contributed by atoms with Gasteiger partial charge in [0.05, 0.1) is 0 Å². The van der Waals surface area contributed by atoms with E-state index < -0.39 is 0 Å². The second-order valence-corrected chi connectivity index (χ2v) is 7.36. The van der Waals surface area contributed by atoms with Gasteiger partial charge in [-0.1, -0.05) is 31.9 Å². The van der Waals surface area contributed by atoms with E-state index in [0.29, 0.717) is 5.11 Å². The molecule has 0 unspecified atom stereocenters. The monoisotopic (exact) mass is 469 g/mol. The lowest BCUT2D eigenvalue weighted by molar-refractivity contribution is -0.114. The van der Waals surface area contributed by atoms with Gasteiger partial charge in [0.2, 0.25) is 5.91 Å². The second-order valence-electron chi connectivity index (χ2n) is 5.31. The first-order valence-electron chi connectivity index (χ1n) is 7.18. The SMILES string of the molecule is CC(=O)Nc1ccc(NC(=S)Nc2cc(Br)c(C)c(Br)c2C)cc1. The fourth-order valence-corrected chi connectivity index (χ4v) is 3.45. The Hall–Kier alpha value is -1.44. The highest BCUT2D eigenvalue weighted by atomic mass is 79.9. The topological polar surface area (TPSA) is 53.2 Å². The van der Waals surface area contributed by atoms with Crippen LogP contribution >= 0.6 is 44.1 Å². The lowest BCUT2D eigenvalue weighted by Crippen LogP contribution is -2.20. The van der Waals surface area contributed by atoms with E-state index in [0.717, 1.165) is 37.1 Å². The van der Waals surface area contributed by atoms with Gasteiger partial charge in [-0.05, 0) is 67.5 Å². The lowest BCUT2D eigenvalue weighted by Gasteiger charge is -2.16. The Morgan fingerprint density at radius 3 is 2.04 bits per heavy atom. The maximum absolute atomic E-state index is 11.0. The lowest BCUT2D eigenvalue weighted by atomic mass is 10.1. The number of thiocarbonyl (C=S) groups is 1. The fraction of sp³-hybridized carbons (Fsp3) is 0.176. The van der Waals surface area contributed by atoms with Crippen LogP contribution in [0.2, 0.25) is 0 Å². The number of nitrogens with one attached hydrogen (secondary N) is 3. The van der Waals surface area contributed by atoms with E-state index in [-0.39, 0.29) is 5.91 Å². The first kappa shape index (κ1) is 18.9. The zero-order chi connectivity index (χ0) is 17.9. The van der Waals surface area contributed by atoms with Gasteiger partial charge in [0.15, 0.2) is 5.11 Å². The predicted octanol–water partition coefficient (Wildman–Crippen LogP) is 5.60. The standard InChI is InChI=1S/C17H17Br2N3OS/c1-9-14(18)8-15(10(2)16(9)19)22-17(24)21-13-6-4-12(5-7-13)20-11(3)23/h4-8H,1-3H3,(H,20,23)(H2,21,22,24). The molecule has 0 aliphatic rings. The normalized spacial score (nSPS) is 10.2. The van der Waals surface area contributed by atoms with Crippen LogP contribution in [0, 0.1) is 13.8 Å². The van der Waals surface area contributed by atoms with Crippen LogP contribution < -0.4 is 16.0 Å². The molecule has 126 valence electrons. The maximum atomic E-state index is 11.0. The second kappa shape index (κ2) is 8.09. The summed E-state index contributed by atoms with van der Waals surface area (Å²) in [5, 5.41) is 9.55. The van der Waals surface area contributed by atoms with Crippen molar-refractivity contribution >= 4 is 72.2 Å². The van der Waals surface area contributed by atoms with Gasteiger partial charge in [0.1, 0.15) is 0 Å². The summed E-state index contributed by atoms with van der Waals surface area (Å²) < 4.78 is 2.05. The summed E-state index contributed by atoms with van der Waals surface area (Å²) in [4.78, 5) is 11.0. The van der Waals surface area contributed by atoms with Crippen molar-refractivity contribution in [2.24, 2.45) is 0 Å². The molecule has 0 radical (unpaired) electrons. The number of carbonyl (C=O) groups excluding carboxylic acids is 1. The number of hydrogen-bond donors (Lipinski definition) is 3. The van der Waals surface area contributed by atoms with E-state index >= 15 is 0 Å². The van der Waals surface area contributed by atoms with Crippen molar-refractivity contribution in [3.05, 3.63) is 50.4 Å². The zero-order valence-electron chi connectivity index (χ0n) is 13.5. The molecule has 2 aromatic rings. The molecule has 0 heterocycles. The van der Waals surface area contributed by atoms with Crippen LogP contribution in [0.15, 0.2) is 39.3 Å². The summed E-state index contributed by atoms with van der Waals surface area (Å²) in [6.07, 6.45) is 0. The van der Waals surface area contributed by atoms with Crippen molar-refractivity contribution in [1.82, 2.24) is 0 Å². The molecule has 0 aromatic heterocycles. The van der Waals surface area contributed by atoms with Crippen molar-refractivity contribution in [2.75, 3.05) is 16.0 Å². The Labute approximate surface area is 163 Å². The van der Waals surface area contributed by atoms with Gasteiger partial charge in [-0.15, -0.1) is 0 Å². The van der Waals surface area contributed by atoms with Gasteiger partial charge in [0.25, 0.3) is 0 Å². The molecule has 24 heavy (non-hydrogen) atoms. The third-order valence-electron chi connectivity index (χ3n) is 3.40. The van der Waals surface area contributed by atoms with Gasteiger partial charge >= 0.3 is 0 Å². The summed E-state index contributed by atoms with van der Waals surface area (Å²) in [5.74, 6) is -0.0982. The first-order chi connectivity index (χ1) is 11.3. The van der Waals surface area contributed by atoms with Crippen molar-refractivity contribution < 1.29 is 4.79 Å². The minimum Gasteiger partial charge on any atom is -0.332 e. The molecule has 2 aromatic carbocycles. The highest BCUT2D eigenvalue weighted by Gasteiger charge is 2.10. The van der Waals surface area contributed by atoms with Crippen LogP contribution in [-0.4, -0.2) is 11.0 Å². The Morgan fingerprint density at radius 1 is 0.958 bits per heavy atom. The molecule has 4 nitrogen and oxygen atoms in total. The van der Waals surface area contributed by atoms with Crippen molar-refractivity contribution in [3.63, 3.8) is 0 Å². The molecule has 0 bridgehead atoms. The highest BCUT2D eigenvalue weighted by Crippen LogP contribution is 2.33. The van der Waals surface area contributed by atoms with Crippen LogP contribution in [0.5, 0.6) is 0 Å². The quantitative estimate of drug-likeness (QED) is 0.511. The highest BCUT2D eigenvalue weighted by molar-refractivity contribution is 9.11. The Bertz CT molecular complexity index is 791. The van der Waals surface area contributed by atoms with E-state index in [9.17, 15) is 4.79 Å². The summed E-state index contributed by atoms with van der Waals surface area (Å²) in [6.45, 7) is 5.54.